The molecular weight excluding hydrogens is 504 g/mol. The topological polar surface area (TPSA) is 199 Å². The molecule has 2 aliphatic heterocycles. The third-order valence-corrected chi connectivity index (χ3v) is 6.26. The number of hydrogen-bond acceptors (Lipinski definition) is 12. The Balaban J connectivity index is 1.34. The Hall–Kier alpha value is -2.80. The fourth-order valence-electron chi connectivity index (χ4n) is 3.98. The minimum absolute atomic E-state index is 0.314. The summed E-state index contributed by atoms with van der Waals surface area (Å²) in [6.45, 7) is -1.11. The van der Waals surface area contributed by atoms with Crippen LogP contribution in [-0.2, 0) is 9.47 Å². The van der Waals surface area contributed by atoms with Gasteiger partial charge in [0.2, 0.25) is 12.6 Å². The quantitative estimate of drug-likeness (QED) is 0.181. The van der Waals surface area contributed by atoms with Gasteiger partial charge in [-0.25, -0.2) is 0 Å². The lowest BCUT2D eigenvalue weighted by Crippen LogP contribution is -2.60. The first-order valence-corrected chi connectivity index (χ1v) is 11.9. The average molecular weight is 535 g/mol. The van der Waals surface area contributed by atoms with Gasteiger partial charge in [-0.1, -0.05) is 11.8 Å². The Morgan fingerprint density at radius 1 is 0.526 bits per heavy atom. The molecule has 0 unspecified atom stereocenters. The van der Waals surface area contributed by atoms with Gasteiger partial charge in [-0.15, -0.1) is 0 Å². The van der Waals surface area contributed by atoms with Crippen molar-refractivity contribution in [1.82, 2.24) is 0 Å². The zero-order valence-corrected chi connectivity index (χ0v) is 20.0. The monoisotopic (exact) mass is 534 g/mol. The maximum absolute atomic E-state index is 10.1. The third kappa shape index (κ3) is 6.25. The van der Waals surface area contributed by atoms with E-state index in [9.17, 15) is 40.9 Å². The summed E-state index contributed by atoms with van der Waals surface area (Å²) in [6, 6.07) is 13.0. The molecule has 0 aromatic heterocycles. The van der Waals surface area contributed by atoms with E-state index in [1.807, 2.05) is 0 Å². The largest absolute Gasteiger partial charge is 0.462 e. The molecule has 0 radical (unpaired) electrons. The fourth-order valence-corrected chi connectivity index (χ4v) is 3.98. The second-order valence-electron chi connectivity index (χ2n) is 8.93. The van der Waals surface area contributed by atoms with Gasteiger partial charge in [-0.05, 0) is 48.5 Å². The van der Waals surface area contributed by atoms with Gasteiger partial charge in [0.05, 0.1) is 13.2 Å². The van der Waals surface area contributed by atoms with E-state index in [0.29, 0.717) is 22.6 Å². The zero-order valence-electron chi connectivity index (χ0n) is 20.0. The highest BCUT2D eigenvalue weighted by Gasteiger charge is 2.45. The molecule has 0 spiro atoms. The Morgan fingerprint density at radius 2 is 0.868 bits per heavy atom. The smallest absolute Gasteiger partial charge is 0.229 e. The molecule has 2 aromatic carbocycles. The lowest BCUT2D eigenvalue weighted by Gasteiger charge is -2.39. The highest BCUT2D eigenvalue weighted by Crippen LogP contribution is 2.26. The van der Waals surface area contributed by atoms with Crippen molar-refractivity contribution in [3.63, 3.8) is 0 Å². The van der Waals surface area contributed by atoms with E-state index in [0.717, 1.165) is 0 Å². The van der Waals surface area contributed by atoms with Crippen LogP contribution in [0.3, 0.4) is 0 Å². The number of hydrogen-bond donors (Lipinski definition) is 8. The van der Waals surface area contributed by atoms with Gasteiger partial charge in [0.1, 0.15) is 60.3 Å². The SMILES string of the molecule is OC[C@H]1O[C@H](Oc2ccc(C#Cc3ccc(O[C@H]4O[C@H](CO)[C@@H](O)[C@H](O)[C@@H]4O)cc3)cc2)[C@@H](O)[C@@H](O)[C@@H]1O. The van der Waals surface area contributed by atoms with Gasteiger partial charge < -0.3 is 59.8 Å². The summed E-state index contributed by atoms with van der Waals surface area (Å²) in [6.07, 6.45) is -13.8. The van der Waals surface area contributed by atoms with Crippen LogP contribution in [-0.4, -0.2) is 115 Å². The molecule has 2 fully saturated rings. The molecule has 8 N–H and O–H groups in total. The number of benzene rings is 2. The minimum Gasteiger partial charge on any atom is -0.462 e. The van der Waals surface area contributed by atoms with Gasteiger partial charge in [0, 0.05) is 11.1 Å². The van der Waals surface area contributed by atoms with E-state index in [1.54, 1.807) is 48.5 Å². The van der Waals surface area contributed by atoms with Gasteiger partial charge >= 0.3 is 0 Å². The molecule has 38 heavy (non-hydrogen) atoms. The van der Waals surface area contributed by atoms with Crippen LogP contribution in [0, 0.1) is 11.8 Å². The summed E-state index contributed by atoms with van der Waals surface area (Å²) in [5, 5.41) is 78.2. The highest BCUT2D eigenvalue weighted by molar-refractivity contribution is 5.45. The Labute approximate surface area is 217 Å². The average Bonchev–Trinajstić information content (AvgIpc) is 2.94. The van der Waals surface area contributed by atoms with Crippen molar-refractivity contribution in [3.8, 4) is 23.3 Å². The van der Waals surface area contributed by atoms with Crippen LogP contribution in [0.4, 0.5) is 0 Å². The zero-order chi connectivity index (χ0) is 27.4. The normalized spacial score (nSPS) is 35.2. The molecular formula is C26H30O12. The Kier molecular flexibility index (Phi) is 9.19. The summed E-state index contributed by atoms with van der Waals surface area (Å²) >= 11 is 0. The summed E-state index contributed by atoms with van der Waals surface area (Å²) in [5.74, 6) is 6.58. The van der Waals surface area contributed by atoms with Crippen molar-refractivity contribution >= 4 is 0 Å². The number of ether oxygens (including phenoxy) is 4. The van der Waals surface area contributed by atoms with Gasteiger partial charge in [-0.3, -0.25) is 0 Å². The van der Waals surface area contributed by atoms with Crippen LogP contribution in [0.15, 0.2) is 48.5 Å². The van der Waals surface area contributed by atoms with Crippen molar-refractivity contribution in [2.24, 2.45) is 0 Å². The molecule has 0 aliphatic carbocycles. The Morgan fingerprint density at radius 3 is 1.18 bits per heavy atom. The maximum Gasteiger partial charge on any atom is 0.229 e. The van der Waals surface area contributed by atoms with Crippen molar-refractivity contribution in [1.29, 1.82) is 0 Å². The van der Waals surface area contributed by atoms with E-state index < -0.39 is 74.6 Å². The lowest BCUT2D eigenvalue weighted by atomic mass is 9.99. The van der Waals surface area contributed by atoms with E-state index in [4.69, 9.17) is 18.9 Å². The van der Waals surface area contributed by atoms with Crippen LogP contribution >= 0.6 is 0 Å². The number of rotatable bonds is 6. The molecule has 2 saturated heterocycles. The molecule has 0 saturated carbocycles. The van der Waals surface area contributed by atoms with E-state index in [1.165, 1.54) is 0 Å². The second kappa shape index (κ2) is 12.4. The molecule has 0 amide bonds. The number of aliphatic hydroxyl groups excluding tert-OH is 8. The minimum atomic E-state index is -1.54. The molecule has 2 aliphatic rings. The standard InChI is InChI=1S/C26H30O12/c27-11-17-19(29)21(31)23(33)25(37-17)35-15-7-3-13(4-8-15)1-2-14-5-9-16(10-6-14)36-26-24(34)22(32)20(30)18(12-28)38-26/h3-10,17-34H,11-12H2/t17-,18-,19-,20-,21+,22+,23+,24+,25+,26+/m1/s1. The van der Waals surface area contributed by atoms with Crippen LogP contribution in [0.5, 0.6) is 11.5 Å². The first kappa shape index (κ1) is 28.2. The first-order chi connectivity index (χ1) is 18.2. The molecule has 4 rings (SSSR count). The van der Waals surface area contributed by atoms with Crippen LogP contribution < -0.4 is 9.47 Å². The van der Waals surface area contributed by atoms with Crippen molar-refractivity contribution in [2.75, 3.05) is 13.2 Å². The molecule has 12 heteroatoms. The number of aliphatic hydroxyl groups is 8. The highest BCUT2D eigenvalue weighted by atomic mass is 16.7. The Bertz CT molecular complexity index is 1010. The van der Waals surface area contributed by atoms with E-state index in [2.05, 4.69) is 11.8 Å². The van der Waals surface area contributed by atoms with E-state index in [-0.39, 0.29) is 0 Å². The second-order valence-corrected chi connectivity index (χ2v) is 8.93. The molecule has 10 atom stereocenters. The first-order valence-electron chi connectivity index (χ1n) is 11.9. The molecule has 0 bridgehead atoms. The predicted octanol–water partition coefficient (Wildman–Crippen LogP) is -2.56. The summed E-state index contributed by atoms with van der Waals surface area (Å²) in [5.41, 5.74) is 1.29. The van der Waals surface area contributed by atoms with Crippen molar-refractivity contribution in [2.45, 2.75) is 61.4 Å². The molecule has 2 aromatic rings. The maximum atomic E-state index is 10.1. The summed E-state index contributed by atoms with van der Waals surface area (Å²) in [7, 11) is 0. The van der Waals surface area contributed by atoms with E-state index >= 15 is 0 Å². The predicted molar refractivity (Wildman–Crippen MR) is 128 cm³/mol. The molecule has 2 heterocycles. The summed E-state index contributed by atoms with van der Waals surface area (Å²) in [4.78, 5) is 0. The van der Waals surface area contributed by atoms with Gasteiger partial charge in [0.15, 0.2) is 0 Å². The van der Waals surface area contributed by atoms with Crippen molar-refractivity contribution < 1.29 is 59.8 Å². The third-order valence-electron chi connectivity index (χ3n) is 6.26. The van der Waals surface area contributed by atoms with Crippen LogP contribution in [0.2, 0.25) is 0 Å². The fraction of sp³-hybridized carbons (Fsp3) is 0.462. The van der Waals surface area contributed by atoms with Gasteiger partial charge in [-0.2, -0.15) is 0 Å². The molecule has 12 nitrogen and oxygen atoms in total. The van der Waals surface area contributed by atoms with Gasteiger partial charge in [0.25, 0.3) is 0 Å². The van der Waals surface area contributed by atoms with Crippen LogP contribution in [0.1, 0.15) is 11.1 Å². The lowest BCUT2D eigenvalue weighted by molar-refractivity contribution is -0.277. The van der Waals surface area contributed by atoms with Crippen molar-refractivity contribution in [3.05, 3.63) is 59.7 Å². The molecule has 206 valence electrons. The van der Waals surface area contributed by atoms with Crippen LogP contribution in [0.25, 0.3) is 0 Å². The summed E-state index contributed by atoms with van der Waals surface area (Å²) < 4.78 is 21.8.